The van der Waals surface area contributed by atoms with Gasteiger partial charge in [0.05, 0.1) is 5.54 Å². The Kier molecular flexibility index (Phi) is 6.33. The van der Waals surface area contributed by atoms with Crippen LogP contribution in [0.1, 0.15) is 37.5 Å². The molecule has 0 aromatic heterocycles. The molecule has 0 bridgehead atoms. The van der Waals surface area contributed by atoms with Crippen molar-refractivity contribution in [1.29, 1.82) is 0 Å². The third-order valence-electron chi connectivity index (χ3n) is 5.98. The van der Waals surface area contributed by atoms with E-state index in [1.807, 2.05) is 25.7 Å². The van der Waals surface area contributed by atoms with Gasteiger partial charge in [0.1, 0.15) is 5.60 Å². The molecule has 1 aliphatic heterocycles. The smallest absolute Gasteiger partial charge is 0.410 e. The zero-order chi connectivity index (χ0) is 22.6. The summed E-state index contributed by atoms with van der Waals surface area (Å²) in [6.45, 7) is 8.48. The Bertz CT molecular complexity index is 909. The number of nitrogens with zero attached hydrogens (tertiary/aromatic N) is 2. The Morgan fingerprint density at radius 1 is 0.656 bits per heavy atom. The van der Waals surface area contributed by atoms with E-state index in [9.17, 15) is 4.79 Å². The fourth-order valence-corrected chi connectivity index (χ4v) is 4.64. The highest BCUT2D eigenvalue weighted by Crippen LogP contribution is 2.42. The summed E-state index contributed by atoms with van der Waals surface area (Å²) in [6.07, 6.45) is -0.234. The third-order valence-corrected chi connectivity index (χ3v) is 5.98. The minimum Gasteiger partial charge on any atom is -0.444 e. The largest absolute Gasteiger partial charge is 0.444 e. The van der Waals surface area contributed by atoms with Crippen LogP contribution in [0.2, 0.25) is 0 Å². The summed E-state index contributed by atoms with van der Waals surface area (Å²) in [5.41, 5.74) is 2.74. The van der Waals surface area contributed by atoms with Gasteiger partial charge in [-0.3, -0.25) is 4.90 Å². The molecule has 0 atom stereocenters. The SMILES string of the molecule is CC(C)(C)OC(=O)N1CCN(C(c2ccccc2)(c2ccccc2)c2ccccc2)CC1. The Morgan fingerprint density at radius 3 is 1.38 bits per heavy atom. The van der Waals surface area contributed by atoms with Crippen LogP contribution in [0.25, 0.3) is 0 Å². The molecule has 32 heavy (non-hydrogen) atoms. The lowest BCUT2D eigenvalue weighted by molar-refractivity contribution is 0.00643. The van der Waals surface area contributed by atoms with Gasteiger partial charge in [-0.05, 0) is 37.5 Å². The van der Waals surface area contributed by atoms with Crippen molar-refractivity contribution >= 4 is 6.09 Å². The van der Waals surface area contributed by atoms with Crippen molar-refractivity contribution in [2.45, 2.75) is 31.9 Å². The standard InChI is InChI=1S/C28H32N2O2/c1-27(2,3)32-26(31)29-19-21-30(22-20-29)28(23-13-7-4-8-14-23,24-15-9-5-10-16-24)25-17-11-6-12-18-25/h4-18H,19-22H2,1-3H3. The van der Waals surface area contributed by atoms with Crippen molar-refractivity contribution in [3.8, 4) is 0 Å². The van der Waals surface area contributed by atoms with Gasteiger partial charge < -0.3 is 9.64 Å². The first-order valence-electron chi connectivity index (χ1n) is 11.3. The van der Waals surface area contributed by atoms with Crippen LogP contribution in [0, 0.1) is 0 Å². The van der Waals surface area contributed by atoms with Crippen molar-refractivity contribution in [1.82, 2.24) is 9.80 Å². The average molecular weight is 429 g/mol. The topological polar surface area (TPSA) is 32.8 Å². The highest BCUT2D eigenvalue weighted by atomic mass is 16.6. The van der Waals surface area contributed by atoms with Gasteiger partial charge in [0.2, 0.25) is 0 Å². The average Bonchev–Trinajstić information content (AvgIpc) is 2.81. The second-order valence-corrected chi connectivity index (χ2v) is 9.26. The molecule has 1 aliphatic rings. The Balaban J connectivity index is 1.75. The number of rotatable bonds is 4. The molecule has 0 N–H and O–H groups in total. The molecule has 0 unspecified atom stereocenters. The molecule has 4 rings (SSSR count). The number of carbonyl (C=O) groups is 1. The second-order valence-electron chi connectivity index (χ2n) is 9.26. The summed E-state index contributed by atoms with van der Waals surface area (Å²) in [5, 5.41) is 0. The van der Waals surface area contributed by atoms with Crippen molar-refractivity contribution in [3.05, 3.63) is 108 Å². The molecule has 3 aromatic rings. The molecule has 4 nitrogen and oxygen atoms in total. The Morgan fingerprint density at radius 2 is 1.03 bits per heavy atom. The molecular formula is C28H32N2O2. The van der Waals surface area contributed by atoms with Crippen molar-refractivity contribution in [3.63, 3.8) is 0 Å². The highest BCUT2D eigenvalue weighted by Gasteiger charge is 2.43. The maximum Gasteiger partial charge on any atom is 0.410 e. The molecule has 0 aliphatic carbocycles. The van der Waals surface area contributed by atoms with Crippen molar-refractivity contribution in [2.75, 3.05) is 26.2 Å². The number of carbonyl (C=O) groups excluding carboxylic acids is 1. The van der Waals surface area contributed by atoms with E-state index in [4.69, 9.17) is 4.74 Å². The molecule has 0 spiro atoms. The summed E-state index contributed by atoms with van der Waals surface area (Å²) in [5.74, 6) is 0. The number of hydrogen-bond acceptors (Lipinski definition) is 3. The number of amides is 1. The molecule has 1 heterocycles. The van der Waals surface area contributed by atoms with E-state index < -0.39 is 11.1 Å². The van der Waals surface area contributed by atoms with Gasteiger partial charge in [-0.25, -0.2) is 4.79 Å². The predicted octanol–water partition coefficient (Wildman–Crippen LogP) is 5.53. The minimum atomic E-state index is -0.490. The fraction of sp³-hybridized carbons (Fsp3) is 0.321. The first-order valence-corrected chi connectivity index (χ1v) is 11.3. The van der Waals surface area contributed by atoms with Crippen molar-refractivity contribution in [2.24, 2.45) is 0 Å². The number of benzene rings is 3. The van der Waals surface area contributed by atoms with Gasteiger partial charge in [-0.15, -0.1) is 0 Å². The van der Waals surface area contributed by atoms with E-state index in [1.54, 1.807) is 0 Å². The van der Waals surface area contributed by atoms with Crippen LogP contribution in [0.5, 0.6) is 0 Å². The highest BCUT2D eigenvalue weighted by molar-refractivity contribution is 5.68. The lowest BCUT2D eigenvalue weighted by Gasteiger charge is -2.49. The first-order chi connectivity index (χ1) is 15.4. The Hall–Kier alpha value is -3.11. The summed E-state index contributed by atoms with van der Waals surface area (Å²) in [7, 11) is 0. The predicted molar refractivity (Wildman–Crippen MR) is 129 cm³/mol. The molecular weight excluding hydrogens is 396 g/mol. The van der Waals surface area contributed by atoms with Gasteiger partial charge in [0.15, 0.2) is 0 Å². The summed E-state index contributed by atoms with van der Waals surface area (Å²) >= 11 is 0. The Labute approximate surface area is 191 Å². The van der Waals surface area contributed by atoms with E-state index in [2.05, 4.69) is 95.9 Å². The normalized spacial score (nSPS) is 15.4. The van der Waals surface area contributed by atoms with Gasteiger partial charge in [-0.1, -0.05) is 91.0 Å². The van der Waals surface area contributed by atoms with Gasteiger partial charge in [0, 0.05) is 26.2 Å². The third kappa shape index (κ3) is 4.42. The van der Waals surface area contributed by atoms with Crippen LogP contribution in [0.15, 0.2) is 91.0 Å². The molecule has 1 amide bonds. The quantitative estimate of drug-likeness (QED) is 0.512. The van der Waals surface area contributed by atoms with Crippen LogP contribution in [-0.4, -0.2) is 47.7 Å². The van der Waals surface area contributed by atoms with Crippen LogP contribution in [0.4, 0.5) is 4.79 Å². The zero-order valence-corrected chi connectivity index (χ0v) is 19.2. The molecule has 0 radical (unpaired) electrons. The van der Waals surface area contributed by atoms with E-state index >= 15 is 0 Å². The van der Waals surface area contributed by atoms with Crippen LogP contribution in [-0.2, 0) is 10.3 Å². The van der Waals surface area contributed by atoms with Gasteiger partial charge in [-0.2, -0.15) is 0 Å². The summed E-state index contributed by atoms with van der Waals surface area (Å²) in [6, 6.07) is 32.1. The van der Waals surface area contributed by atoms with E-state index in [-0.39, 0.29) is 6.09 Å². The number of piperazine rings is 1. The van der Waals surface area contributed by atoms with Gasteiger partial charge in [0.25, 0.3) is 0 Å². The van der Waals surface area contributed by atoms with Gasteiger partial charge >= 0.3 is 6.09 Å². The maximum atomic E-state index is 12.7. The first kappa shape index (κ1) is 22.1. The van der Waals surface area contributed by atoms with Crippen LogP contribution < -0.4 is 0 Å². The second kappa shape index (κ2) is 9.17. The monoisotopic (exact) mass is 428 g/mol. The molecule has 1 saturated heterocycles. The molecule has 3 aromatic carbocycles. The molecule has 166 valence electrons. The maximum absolute atomic E-state index is 12.7. The number of ether oxygens (including phenoxy) is 1. The lowest BCUT2D eigenvalue weighted by atomic mass is 9.75. The van der Waals surface area contributed by atoms with E-state index in [0.717, 1.165) is 13.1 Å². The zero-order valence-electron chi connectivity index (χ0n) is 19.2. The summed E-state index contributed by atoms with van der Waals surface area (Å²) in [4.78, 5) is 17.0. The van der Waals surface area contributed by atoms with Crippen LogP contribution in [0.3, 0.4) is 0 Å². The number of hydrogen-bond donors (Lipinski definition) is 0. The van der Waals surface area contributed by atoms with Crippen molar-refractivity contribution < 1.29 is 9.53 Å². The summed E-state index contributed by atoms with van der Waals surface area (Å²) < 4.78 is 5.62. The molecule has 4 heteroatoms. The van der Waals surface area contributed by atoms with E-state index in [1.165, 1.54) is 16.7 Å². The minimum absolute atomic E-state index is 0.234. The van der Waals surface area contributed by atoms with Crippen LogP contribution >= 0.6 is 0 Å². The molecule has 0 saturated carbocycles. The lowest BCUT2D eigenvalue weighted by Crippen LogP contribution is -2.57. The molecule has 1 fully saturated rings. The van der Waals surface area contributed by atoms with E-state index in [0.29, 0.717) is 13.1 Å². The fourth-order valence-electron chi connectivity index (χ4n) is 4.64.